The normalized spacial score (nSPS) is 19.3. The van der Waals surface area contributed by atoms with Gasteiger partial charge in [-0.15, -0.1) is 0 Å². The van der Waals surface area contributed by atoms with E-state index in [0.717, 1.165) is 11.8 Å². The first-order valence-electron chi connectivity index (χ1n) is 9.73. The van der Waals surface area contributed by atoms with Crippen molar-refractivity contribution >= 4 is 12.1 Å². The molecule has 31 heavy (non-hydrogen) atoms. The van der Waals surface area contributed by atoms with Crippen molar-refractivity contribution < 1.29 is 32.9 Å². The number of pyridine rings is 1. The third kappa shape index (κ3) is 5.96. The SMILES string of the molecule is COc1c(C2COC(C)(C)C2OC)ccc(F)c1F.O=CNc1ccnc(CCO)c1. The number of aliphatic hydroxyl groups excluding tert-OH is 1. The van der Waals surface area contributed by atoms with Crippen LogP contribution in [0.3, 0.4) is 0 Å². The molecule has 0 spiro atoms. The summed E-state index contributed by atoms with van der Waals surface area (Å²) in [4.78, 5) is 14.1. The van der Waals surface area contributed by atoms with Gasteiger partial charge in [0.05, 0.1) is 25.4 Å². The van der Waals surface area contributed by atoms with E-state index in [4.69, 9.17) is 19.3 Å². The molecule has 9 heteroatoms. The number of carbonyl (C=O) groups is 1. The maximum atomic E-state index is 13.8. The van der Waals surface area contributed by atoms with Crippen LogP contribution in [0.25, 0.3) is 0 Å². The van der Waals surface area contributed by atoms with Crippen LogP contribution in [0.4, 0.5) is 14.5 Å². The van der Waals surface area contributed by atoms with E-state index in [1.807, 2.05) is 13.8 Å². The summed E-state index contributed by atoms with van der Waals surface area (Å²) in [5.74, 6) is -2.16. The quantitative estimate of drug-likeness (QED) is 0.646. The fourth-order valence-electron chi connectivity index (χ4n) is 3.59. The minimum absolute atomic E-state index is 0.0670. The van der Waals surface area contributed by atoms with Gasteiger partial charge in [-0.25, -0.2) is 4.39 Å². The zero-order valence-electron chi connectivity index (χ0n) is 18.0. The van der Waals surface area contributed by atoms with Gasteiger partial charge in [-0.2, -0.15) is 4.39 Å². The lowest BCUT2D eigenvalue weighted by atomic mass is 9.87. The highest BCUT2D eigenvalue weighted by Crippen LogP contribution is 2.42. The number of methoxy groups -OCH3 is 2. The van der Waals surface area contributed by atoms with E-state index in [9.17, 15) is 13.6 Å². The monoisotopic (exact) mass is 438 g/mol. The molecule has 7 nitrogen and oxygen atoms in total. The van der Waals surface area contributed by atoms with E-state index in [2.05, 4.69) is 10.3 Å². The Morgan fingerprint density at radius 1 is 1.32 bits per heavy atom. The Balaban J connectivity index is 0.000000245. The minimum atomic E-state index is -0.973. The van der Waals surface area contributed by atoms with Gasteiger partial charge in [0.15, 0.2) is 11.6 Å². The molecule has 1 aliphatic rings. The lowest BCUT2D eigenvalue weighted by Gasteiger charge is -2.28. The smallest absolute Gasteiger partial charge is 0.211 e. The molecule has 2 unspecified atom stereocenters. The van der Waals surface area contributed by atoms with Crippen molar-refractivity contribution in [2.75, 3.05) is 32.8 Å². The molecule has 2 aromatic rings. The fraction of sp³-hybridized carbons (Fsp3) is 0.455. The number of anilines is 1. The molecular formula is C22H28F2N2O5. The first-order valence-corrected chi connectivity index (χ1v) is 9.73. The first-order chi connectivity index (χ1) is 14.8. The molecule has 170 valence electrons. The van der Waals surface area contributed by atoms with E-state index in [1.54, 1.807) is 25.4 Å². The number of hydrogen-bond donors (Lipinski definition) is 2. The summed E-state index contributed by atoms with van der Waals surface area (Å²) < 4.78 is 43.2. The van der Waals surface area contributed by atoms with Crippen LogP contribution in [0.2, 0.25) is 0 Å². The third-order valence-electron chi connectivity index (χ3n) is 5.03. The molecule has 2 N–H and O–H groups in total. The van der Waals surface area contributed by atoms with Crippen LogP contribution in [0, 0.1) is 11.6 Å². The highest BCUT2D eigenvalue weighted by Gasteiger charge is 2.45. The number of carbonyl (C=O) groups excluding carboxylic acids is 1. The average Bonchev–Trinajstić information content (AvgIpc) is 3.05. The van der Waals surface area contributed by atoms with Crippen molar-refractivity contribution in [1.82, 2.24) is 4.98 Å². The number of ether oxygens (including phenoxy) is 3. The fourth-order valence-corrected chi connectivity index (χ4v) is 3.59. The van der Waals surface area contributed by atoms with Crippen molar-refractivity contribution in [2.45, 2.75) is 37.9 Å². The molecule has 2 heterocycles. The predicted octanol–water partition coefficient (Wildman–Crippen LogP) is 3.07. The van der Waals surface area contributed by atoms with Gasteiger partial charge in [0.1, 0.15) is 0 Å². The Kier molecular flexibility index (Phi) is 8.85. The predicted molar refractivity (Wildman–Crippen MR) is 111 cm³/mol. The van der Waals surface area contributed by atoms with E-state index in [1.165, 1.54) is 13.2 Å². The zero-order chi connectivity index (χ0) is 23.0. The van der Waals surface area contributed by atoms with Crippen molar-refractivity contribution in [1.29, 1.82) is 0 Å². The summed E-state index contributed by atoms with van der Waals surface area (Å²) in [6.07, 6.45) is 2.47. The second-order valence-electron chi connectivity index (χ2n) is 7.43. The van der Waals surface area contributed by atoms with E-state index >= 15 is 0 Å². The molecule has 1 amide bonds. The topological polar surface area (TPSA) is 89.9 Å². The summed E-state index contributed by atoms with van der Waals surface area (Å²) in [6, 6.07) is 6.05. The molecule has 1 aromatic heterocycles. The molecule has 0 radical (unpaired) electrons. The van der Waals surface area contributed by atoms with Crippen LogP contribution < -0.4 is 10.1 Å². The minimum Gasteiger partial charge on any atom is -0.493 e. The second-order valence-corrected chi connectivity index (χ2v) is 7.43. The van der Waals surface area contributed by atoms with Gasteiger partial charge < -0.3 is 24.6 Å². The Labute approximate surface area is 180 Å². The van der Waals surface area contributed by atoms with E-state index in [0.29, 0.717) is 30.7 Å². The lowest BCUT2D eigenvalue weighted by Crippen LogP contribution is -2.36. The molecule has 1 aromatic carbocycles. The molecule has 0 bridgehead atoms. The molecule has 1 aliphatic heterocycles. The first kappa shape index (κ1) is 24.6. The lowest BCUT2D eigenvalue weighted by molar-refractivity contribution is -0.105. The van der Waals surface area contributed by atoms with Crippen LogP contribution in [-0.4, -0.2) is 55.6 Å². The summed E-state index contributed by atoms with van der Waals surface area (Å²) in [5, 5.41) is 11.1. The molecule has 2 atom stereocenters. The number of nitrogens with one attached hydrogen (secondary N) is 1. The van der Waals surface area contributed by atoms with Crippen molar-refractivity contribution in [2.24, 2.45) is 0 Å². The largest absolute Gasteiger partial charge is 0.493 e. The Morgan fingerprint density at radius 3 is 2.68 bits per heavy atom. The van der Waals surface area contributed by atoms with E-state index < -0.39 is 17.2 Å². The number of aromatic nitrogens is 1. The average molecular weight is 438 g/mol. The number of amides is 1. The van der Waals surface area contributed by atoms with Gasteiger partial charge in [-0.3, -0.25) is 9.78 Å². The summed E-state index contributed by atoms with van der Waals surface area (Å²) in [5.41, 5.74) is 1.56. The second kappa shape index (κ2) is 11.1. The summed E-state index contributed by atoms with van der Waals surface area (Å²) in [6.45, 7) is 4.27. The molecule has 0 aliphatic carbocycles. The van der Waals surface area contributed by atoms with Crippen LogP contribution in [0.1, 0.15) is 31.0 Å². The van der Waals surface area contributed by atoms with Gasteiger partial charge in [0, 0.05) is 49.2 Å². The van der Waals surface area contributed by atoms with Crippen LogP contribution in [0.5, 0.6) is 5.75 Å². The van der Waals surface area contributed by atoms with Crippen LogP contribution in [-0.2, 0) is 20.7 Å². The van der Waals surface area contributed by atoms with Gasteiger partial charge >= 0.3 is 0 Å². The maximum absolute atomic E-state index is 13.8. The number of aliphatic hydroxyl groups is 1. The van der Waals surface area contributed by atoms with Crippen molar-refractivity contribution in [3.8, 4) is 5.75 Å². The summed E-state index contributed by atoms with van der Waals surface area (Å²) >= 11 is 0. The number of benzene rings is 1. The Morgan fingerprint density at radius 2 is 2.06 bits per heavy atom. The molecule has 0 saturated carbocycles. The molecular weight excluding hydrogens is 410 g/mol. The summed E-state index contributed by atoms with van der Waals surface area (Å²) in [7, 11) is 2.91. The number of rotatable bonds is 7. The zero-order valence-corrected chi connectivity index (χ0v) is 18.0. The van der Waals surface area contributed by atoms with Gasteiger partial charge in [-0.05, 0) is 32.0 Å². The van der Waals surface area contributed by atoms with Crippen molar-refractivity contribution in [3.63, 3.8) is 0 Å². The Hall–Kier alpha value is -2.62. The highest BCUT2D eigenvalue weighted by molar-refractivity contribution is 5.70. The van der Waals surface area contributed by atoms with Crippen molar-refractivity contribution in [3.05, 3.63) is 53.4 Å². The van der Waals surface area contributed by atoms with Gasteiger partial charge in [0.2, 0.25) is 12.2 Å². The van der Waals surface area contributed by atoms with E-state index in [-0.39, 0.29) is 24.4 Å². The Bertz CT molecular complexity index is 879. The van der Waals surface area contributed by atoms with Crippen LogP contribution in [0.15, 0.2) is 30.5 Å². The molecule has 3 rings (SSSR count). The number of halogens is 2. The molecule has 1 fully saturated rings. The van der Waals surface area contributed by atoms with Crippen LogP contribution >= 0.6 is 0 Å². The highest BCUT2D eigenvalue weighted by atomic mass is 19.2. The third-order valence-corrected chi connectivity index (χ3v) is 5.03. The number of hydrogen-bond acceptors (Lipinski definition) is 6. The van der Waals surface area contributed by atoms with Gasteiger partial charge in [-0.1, -0.05) is 6.07 Å². The number of nitrogens with zero attached hydrogens (tertiary/aromatic N) is 1. The van der Waals surface area contributed by atoms with Gasteiger partial charge in [0.25, 0.3) is 0 Å². The maximum Gasteiger partial charge on any atom is 0.211 e. The standard InChI is InChI=1S/C14H18F2O3.C8H10N2O2/c1-14(2)13(18-4)9(7-19-14)8-5-6-10(15)11(16)12(8)17-3;11-4-2-8-5-7(10-6-12)1-3-9-8/h5-6,9,13H,7H2,1-4H3;1,3,5-6,11H,2,4H2,(H,9,10,12). The molecule has 1 saturated heterocycles.